The van der Waals surface area contributed by atoms with Crippen LogP contribution in [0.3, 0.4) is 0 Å². The average Bonchev–Trinajstić information content (AvgIpc) is 3.39. The van der Waals surface area contributed by atoms with E-state index in [4.69, 9.17) is 9.52 Å². The Morgan fingerprint density at radius 1 is 1.03 bits per heavy atom. The molecule has 0 spiro atoms. The fourth-order valence-electron chi connectivity index (χ4n) is 4.01. The first-order chi connectivity index (χ1) is 16.4. The molecule has 0 saturated carbocycles. The minimum Gasteiger partial charge on any atom is -0.478 e. The number of amides is 2. The van der Waals surface area contributed by atoms with Crippen molar-refractivity contribution < 1.29 is 23.9 Å². The molecule has 0 radical (unpaired) electrons. The number of thioether (sulfide) groups is 1. The number of hydrogen-bond acceptors (Lipinski definition) is 5. The van der Waals surface area contributed by atoms with E-state index in [1.165, 1.54) is 11.0 Å². The zero-order valence-electron chi connectivity index (χ0n) is 18.1. The van der Waals surface area contributed by atoms with E-state index in [0.29, 0.717) is 16.4 Å². The maximum absolute atomic E-state index is 13.0. The Morgan fingerprint density at radius 2 is 1.82 bits per heavy atom. The van der Waals surface area contributed by atoms with E-state index in [2.05, 4.69) is 0 Å². The van der Waals surface area contributed by atoms with Gasteiger partial charge in [0.15, 0.2) is 0 Å². The molecule has 5 rings (SSSR count). The molecule has 34 heavy (non-hydrogen) atoms. The number of rotatable bonds is 5. The van der Waals surface area contributed by atoms with Crippen LogP contribution in [-0.2, 0) is 11.3 Å². The summed E-state index contributed by atoms with van der Waals surface area (Å²) in [6.45, 7) is 2.00. The Hall–Kier alpha value is -4.10. The van der Waals surface area contributed by atoms with Gasteiger partial charge in [0.25, 0.3) is 11.1 Å². The van der Waals surface area contributed by atoms with Gasteiger partial charge in [-0.3, -0.25) is 14.5 Å². The number of carboxylic acids is 1. The highest BCUT2D eigenvalue weighted by molar-refractivity contribution is 8.18. The molecule has 7 heteroatoms. The van der Waals surface area contributed by atoms with E-state index in [9.17, 15) is 14.4 Å². The number of nitrogens with zero attached hydrogens (tertiary/aromatic N) is 1. The van der Waals surface area contributed by atoms with Crippen LogP contribution in [0.25, 0.3) is 28.2 Å². The molecule has 1 N–H and O–H groups in total. The molecule has 168 valence electrons. The smallest absolute Gasteiger partial charge is 0.335 e. The van der Waals surface area contributed by atoms with Crippen molar-refractivity contribution in [3.8, 4) is 11.3 Å². The molecule has 1 aliphatic rings. The van der Waals surface area contributed by atoms with Crippen molar-refractivity contribution in [2.24, 2.45) is 0 Å². The quantitative estimate of drug-likeness (QED) is 0.343. The monoisotopic (exact) mass is 469 g/mol. The number of carbonyl (C=O) groups excluding carboxylic acids is 2. The lowest BCUT2D eigenvalue weighted by molar-refractivity contribution is -0.123. The maximum Gasteiger partial charge on any atom is 0.335 e. The summed E-state index contributed by atoms with van der Waals surface area (Å²) in [6.07, 6.45) is 1.57. The Balaban J connectivity index is 1.38. The van der Waals surface area contributed by atoms with Crippen LogP contribution < -0.4 is 0 Å². The van der Waals surface area contributed by atoms with E-state index in [1.807, 2.05) is 49.4 Å². The van der Waals surface area contributed by atoms with E-state index >= 15 is 0 Å². The lowest BCUT2D eigenvalue weighted by atomic mass is 10.0. The molecule has 1 fully saturated rings. The second-order valence-corrected chi connectivity index (χ2v) is 8.94. The van der Waals surface area contributed by atoms with Crippen molar-refractivity contribution in [3.63, 3.8) is 0 Å². The average molecular weight is 470 g/mol. The third-order valence-electron chi connectivity index (χ3n) is 5.72. The SMILES string of the molecule is Cc1cc(C(=O)O)ccc1-c1ccc(/C=C2/SC(=O)N(Cc3cccc4ccccc34)C2=O)o1. The Labute approximate surface area is 199 Å². The number of fused-ring (bicyclic) bond motifs is 1. The Kier molecular flexibility index (Phi) is 5.55. The van der Waals surface area contributed by atoms with Crippen molar-refractivity contribution in [2.75, 3.05) is 0 Å². The molecule has 2 amide bonds. The first-order valence-corrected chi connectivity index (χ1v) is 11.4. The first kappa shape index (κ1) is 21.7. The predicted molar refractivity (Wildman–Crippen MR) is 131 cm³/mol. The standard InChI is InChI=1S/C27H19NO5S/c1-16-13-18(26(30)31)9-11-21(16)23-12-10-20(33-23)14-24-25(29)28(27(32)34-24)15-19-7-4-6-17-5-2-3-8-22(17)19/h2-14H,15H2,1H3,(H,30,31)/b24-14+. The maximum atomic E-state index is 13.0. The van der Waals surface area contributed by atoms with Gasteiger partial charge in [0, 0.05) is 11.6 Å². The molecule has 2 heterocycles. The number of carboxylic acid groups (broad SMARTS) is 1. The third kappa shape index (κ3) is 4.02. The van der Waals surface area contributed by atoms with Gasteiger partial charge in [0.1, 0.15) is 11.5 Å². The van der Waals surface area contributed by atoms with Crippen molar-refractivity contribution in [1.29, 1.82) is 0 Å². The van der Waals surface area contributed by atoms with Crippen LogP contribution in [0.5, 0.6) is 0 Å². The summed E-state index contributed by atoms with van der Waals surface area (Å²) in [5, 5.41) is 10.9. The largest absolute Gasteiger partial charge is 0.478 e. The van der Waals surface area contributed by atoms with E-state index < -0.39 is 5.97 Å². The van der Waals surface area contributed by atoms with E-state index in [1.54, 1.807) is 30.3 Å². The summed E-state index contributed by atoms with van der Waals surface area (Å²) in [4.78, 5) is 38.4. The zero-order valence-corrected chi connectivity index (χ0v) is 19.0. The number of imide groups is 1. The van der Waals surface area contributed by atoms with Gasteiger partial charge in [-0.05, 0) is 64.9 Å². The highest BCUT2D eigenvalue weighted by Gasteiger charge is 2.35. The summed E-state index contributed by atoms with van der Waals surface area (Å²) in [6, 6.07) is 22.0. The van der Waals surface area contributed by atoms with Crippen LogP contribution in [0.2, 0.25) is 0 Å². The van der Waals surface area contributed by atoms with Gasteiger partial charge in [0.05, 0.1) is 17.0 Å². The van der Waals surface area contributed by atoms with Crippen LogP contribution in [0.15, 0.2) is 82.1 Å². The van der Waals surface area contributed by atoms with Crippen molar-refractivity contribution in [2.45, 2.75) is 13.5 Å². The molecular weight excluding hydrogens is 450 g/mol. The highest BCUT2D eigenvalue weighted by atomic mass is 32.2. The summed E-state index contributed by atoms with van der Waals surface area (Å²) in [5.74, 6) is -0.361. The van der Waals surface area contributed by atoms with Crippen LogP contribution in [0.1, 0.15) is 27.2 Å². The number of aryl methyl sites for hydroxylation is 1. The van der Waals surface area contributed by atoms with Crippen LogP contribution >= 0.6 is 11.8 Å². The van der Waals surface area contributed by atoms with Gasteiger partial charge in [-0.25, -0.2) is 4.79 Å². The zero-order chi connectivity index (χ0) is 23.8. The molecule has 3 aromatic carbocycles. The van der Waals surface area contributed by atoms with E-state index in [0.717, 1.165) is 39.2 Å². The van der Waals surface area contributed by atoms with Gasteiger partial charge in [-0.15, -0.1) is 0 Å². The Morgan fingerprint density at radius 3 is 2.62 bits per heavy atom. The molecule has 1 aromatic heterocycles. The Bertz CT molecular complexity index is 1490. The molecule has 6 nitrogen and oxygen atoms in total. The van der Waals surface area contributed by atoms with Crippen LogP contribution in [0, 0.1) is 6.92 Å². The van der Waals surface area contributed by atoms with Crippen molar-refractivity contribution in [1.82, 2.24) is 4.90 Å². The number of hydrogen-bond donors (Lipinski definition) is 1. The van der Waals surface area contributed by atoms with Crippen molar-refractivity contribution in [3.05, 3.63) is 100 Å². The lowest BCUT2D eigenvalue weighted by Gasteiger charge is -2.14. The minimum atomic E-state index is -0.992. The number of furan rings is 1. The summed E-state index contributed by atoms with van der Waals surface area (Å²) >= 11 is 0.888. The van der Waals surface area contributed by atoms with Gasteiger partial charge in [-0.1, -0.05) is 48.5 Å². The van der Waals surface area contributed by atoms with Gasteiger partial charge in [0.2, 0.25) is 0 Å². The van der Waals surface area contributed by atoms with Gasteiger partial charge in [-0.2, -0.15) is 0 Å². The van der Waals surface area contributed by atoms with Gasteiger partial charge >= 0.3 is 5.97 Å². The molecule has 1 saturated heterocycles. The second kappa shape index (κ2) is 8.68. The van der Waals surface area contributed by atoms with E-state index in [-0.39, 0.29) is 23.3 Å². The number of benzene rings is 3. The number of aromatic carboxylic acids is 1. The topological polar surface area (TPSA) is 87.8 Å². The molecule has 0 bridgehead atoms. The van der Waals surface area contributed by atoms with Crippen LogP contribution in [0.4, 0.5) is 4.79 Å². The summed E-state index contributed by atoms with van der Waals surface area (Å²) < 4.78 is 5.89. The lowest BCUT2D eigenvalue weighted by Crippen LogP contribution is -2.27. The highest BCUT2D eigenvalue weighted by Crippen LogP contribution is 2.35. The fourth-order valence-corrected chi connectivity index (χ4v) is 4.83. The molecule has 1 aliphatic heterocycles. The van der Waals surface area contributed by atoms with Crippen molar-refractivity contribution >= 4 is 45.7 Å². The molecule has 4 aromatic rings. The normalized spacial score (nSPS) is 15.0. The molecule has 0 atom stereocenters. The predicted octanol–water partition coefficient (Wildman–Crippen LogP) is 6.34. The van der Waals surface area contributed by atoms with Crippen LogP contribution in [-0.4, -0.2) is 27.1 Å². The molecule has 0 aliphatic carbocycles. The molecule has 0 unspecified atom stereocenters. The summed E-state index contributed by atoms with van der Waals surface area (Å²) in [5.41, 5.74) is 2.63. The first-order valence-electron chi connectivity index (χ1n) is 10.6. The minimum absolute atomic E-state index is 0.196. The molecular formula is C27H19NO5S. The third-order valence-corrected chi connectivity index (χ3v) is 6.63. The summed E-state index contributed by atoms with van der Waals surface area (Å²) in [7, 11) is 0. The number of carbonyl (C=O) groups is 3. The van der Waals surface area contributed by atoms with Gasteiger partial charge < -0.3 is 9.52 Å². The second-order valence-electron chi connectivity index (χ2n) is 7.94. The fraction of sp³-hybridized carbons (Fsp3) is 0.0741.